The van der Waals surface area contributed by atoms with Crippen LogP contribution >= 0.6 is 12.2 Å². The second-order valence-corrected chi connectivity index (χ2v) is 6.41. The first kappa shape index (κ1) is 15.3. The van der Waals surface area contributed by atoms with Crippen LogP contribution < -0.4 is 11.1 Å². The van der Waals surface area contributed by atoms with E-state index in [0.29, 0.717) is 11.0 Å². The predicted molar refractivity (Wildman–Crippen MR) is 91.3 cm³/mol. The monoisotopic (exact) mass is 290 g/mol. The fourth-order valence-corrected chi connectivity index (χ4v) is 3.46. The van der Waals surface area contributed by atoms with E-state index in [4.69, 9.17) is 18.0 Å². The van der Waals surface area contributed by atoms with Crippen LogP contribution in [-0.4, -0.2) is 11.0 Å². The van der Waals surface area contributed by atoms with Crippen molar-refractivity contribution < 1.29 is 0 Å². The molecule has 2 rings (SSSR count). The van der Waals surface area contributed by atoms with Gasteiger partial charge < -0.3 is 11.1 Å². The summed E-state index contributed by atoms with van der Waals surface area (Å²) < 4.78 is 0. The van der Waals surface area contributed by atoms with Crippen molar-refractivity contribution in [3.05, 3.63) is 29.3 Å². The van der Waals surface area contributed by atoms with Crippen LogP contribution in [0.3, 0.4) is 0 Å². The Hall–Kier alpha value is -1.09. The van der Waals surface area contributed by atoms with Crippen molar-refractivity contribution in [3.63, 3.8) is 0 Å². The van der Waals surface area contributed by atoms with E-state index < -0.39 is 0 Å². The number of hydrogen-bond acceptors (Lipinski definition) is 2. The van der Waals surface area contributed by atoms with Crippen LogP contribution in [0.2, 0.25) is 0 Å². The highest BCUT2D eigenvalue weighted by Crippen LogP contribution is 2.30. The molecule has 0 spiro atoms. The first-order valence-electron chi connectivity index (χ1n) is 7.78. The molecule has 3 heteroatoms. The van der Waals surface area contributed by atoms with Crippen molar-refractivity contribution >= 4 is 22.9 Å². The van der Waals surface area contributed by atoms with Crippen molar-refractivity contribution in [2.45, 2.75) is 58.4 Å². The van der Waals surface area contributed by atoms with E-state index in [-0.39, 0.29) is 0 Å². The summed E-state index contributed by atoms with van der Waals surface area (Å²) in [5.74, 6) is 0.786. The van der Waals surface area contributed by atoms with Gasteiger partial charge in [-0.25, -0.2) is 0 Å². The Balaban J connectivity index is 2.17. The van der Waals surface area contributed by atoms with E-state index in [1.54, 1.807) is 0 Å². The average molecular weight is 290 g/mol. The minimum Gasteiger partial charge on any atom is -0.389 e. The van der Waals surface area contributed by atoms with Crippen molar-refractivity contribution in [2.24, 2.45) is 11.7 Å². The Labute approximate surface area is 128 Å². The molecule has 1 aromatic rings. The molecule has 1 fully saturated rings. The molecule has 20 heavy (non-hydrogen) atoms. The van der Waals surface area contributed by atoms with Crippen molar-refractivity contribution in [3.8, 4) is 0 Å². The Kier molecular flexibility index (Phi) is 5.41. The van der Waals surface area contributed by atoms with Crippen molar-refractivity contribution in [1.82, 2.24) is 0 Å². The van der Waals surface area contributed by atoms with Gasteiger partial charge in [0.2, 0.25) is 0 Å². The molecule has 0 heterocycles. The van der Waals surface area contributed by atoms with Crippen molar-refractivity contribution in [2.75, 3.05) is 5.32 Å². The average Bonchev–Trinajstić information content (AvgIpc) is 2.45. The Morgan fingerprint density at radius 1 is 1.35 bits per heavy atom. The quantitative estimate of drug-likeness (QED) is 0.789. The lowest BCUT2D eigenvalue weighted by Gasteiger charge is -2.31. The van der Waals surface area contributed by atoms with Gasteiger partial charge in [0.25, 0.3) is 0 Å². The lowest BCUT2D eigenvalue weighted by Crippen LogP contribution is -2.31. The van der Waals surface area contributed by atoms with Gasteiger partial charge in [-0.15, -0.1) is 0 Å². The van der Waals surface area contributed by atoms with Crippen molar-refractivity contribution in [1.29, 1.82) is 0 Å². The standard InChI is InChI=1S/C17H26N2S/c1-3-15(13-7-5-4-6-8-13)19-16-11-12(2)9-10-14(16)17(18)20/h9-11,13,15,19H,3-8H2,1-2H3,(H2,18,20). The number of benzene rings is 1. The Bertz CT molecular complexity index is 464. The molecule has 110 valence electrons. The zero-order valence-electron chi connectivity index (χ0n) is 12.6. The summed E-state index contributed by atoms with van der Waals surface area (Å²) in [6, 6.07) is 6.81. The minimum absolute atomic E-state index is 0.478. The second kappa shape index (κ2) is 7.07. The molecule has 1 aliphatic rings. The fraction of sp³-hybridized carbons (Fsp3) is 0.588. The Morgan fingerprint density at radius 3 is 2.65 bits per heavy atom. The van der Waals surface area contributed by atoms with Gasteiger partial charge in [-0.05, 0) is 49.8 Å². The largest absolute Gasteiger partial charge is 0.389 e. The lowest BCUT2D eigenvalue weighted by molar-refractivity contribution is 0.313. The fourth-order valence-electron chi connectivity index (χ4n) is 3.28. The summed E-state index contributed by atoms with van der Waals surface area (Å²) in [5.41, 5.74) is 9.17. The summed E-state index contributed by atoms with van der Waals surface area (Å²) in [6.45, 7) is 4.37. The molecule has 0 aromatic heterocycles. The van der Waals surface area contributed by atoms with E-state index in [9.17, 15) is 0 Å². The number of rotatable bonds is 5. The third kappa shape index (κ3) is 3.72. The van der Waals surface area contributed by atoms with E-state index >= 15 is 0 Å². The number of nitrogens with one attached hydrogen (secondary N) is 1. The summed E-state index contributed by atoms with van der Waals surface area (Å²) in [5, 5.41) is 3.72. The van der Waals surface area contributed by atoms with Crippen LogP contribution in [0, 0.1) is 12.8 Å². The van der Waals surface area contributed by atoms with Crippen LogP contribution in [0.5, 0.6) is 0 Å². The molecule has 1 saturated carbocycles. The van der Waals surface area contributed by atoms with Gasteiger partial charge in [-0.1, -0.05) is 44.5 Å². The third-order valence-electron chi connectivity index (χ3n) is 4.44. The zero-order valence-corrected chi connectivity index (χ0v) is 13.4. The van der Waals surface area contributed by atoms with E-state index in [1.165, 1.54) is 37.7 Å². The van der Waals surface area contributed by atoms with Gasteiger partial charge >= 0.3 is 0 Å². The molecule has 1 unspecified atom stereocenters. The molecule has 0 bridgehead atoms. The van der Waals surface area contributed by atoms with Crippen LogP contribution in [0.15, 0.2) is 18.2 Å². The lowest BCUT2D eigenvalue weighted by atomic mass is 9.82. The van der Waals surface area contributed by atoms with Crippen LogP contribution in [0.1, 0.15) is 56.6 Å². The number of anilines is 1. The zero-order chi connectivity index (χ0) is 14.5. The Morgan fingerprint density at radius 2 is 2.05 bits per heavy atom. The molecule has 0 aliphatic heterocycles. The molecular formula is C17H26N2S. The van der Waals surface area contributed by atoms with Crippen LogP contribution in [-0.2, 0) is 0 Å². The molecule has 1 aliphatic carbocycles. The molecule has 0 amide bonds. The molecular weight excluding hydrogens is 264 g/mol. The molecule has 1 aromatic carbocycles. The normalized spacial score (nSPS) is 17.7. The number of thiocarbonyl (C=S) groups is 1. The van der Waals surface area contributed by atoms with E-state index in [0.717, 1.165) is 23.6 Å². The van der Waals surface area contributed by atoms with Gasteiger partial charge in [0.1, 0.15) is 4.99 Å². The van der Waals surface area contributed by atoms with Gasteiger partial charge in [-0.2, -0.15) is 0 Å². The smallest absolute Gasteiger partial charge is 0.106 e. The summed E-state index contributed by atoms with van der Waals surface area (Å²) in [6.07, 6.45) is 7.99. The maximum absolute atomic E-state index is 5.85. The molecule has 0 saturated heterocycles. The first-order chi connectivity index (χ1) is 9.61. The van der Waals surface area contributed by atoms with Crippen LogP contribution in [0.25, 0.3) is 0 Å². The summed E-state index contributed by atoms with van der Waals surface area (Å²) in [7, 11) is 0. The maximum Gasteiger partial charge on any atom is 0.106 e. The number of nitrogens with two attached hydrogens (primary N) is 1. The minimum atomic E-state index is 0.478. The summed E-state index contributed by atoms with van der Waals surface area (Å²) >= 11 is 5.18. The summed E-state index contributed by atoms with van der Waals surface area (Å²) in [4.78, 5) is 0.478. The van der Waals surface area contributed by atoms with Gasteiger partial charge in [0.05, 0.1) is 0 Å². The van der Waals surface area contributed by atoms with E-state index in [1.807, 2.05) is 6.07 Å². The highest BCUT2D eigenvalue weighted by atomic mass is 32.1. The molecule has 0 radical (unpaired) electrons. The number of hydrogen-bond donors (Lipinski definition) is 2. The molecule has 2 nitrogen and oxygen atoms in total. The predicted octanol–water partition coefficient (Wildman–Crippen LogP) is 4.40. The topological polar surface area (TPSA) is 38.0 Å². The van der Waals surface area contributed by atoms with Gasteiger partial charge in [0.15, 0.2) is 0 Å². The molecule has 1 atom stereocenters. The first-order valence-corrected chi connectivity index (χ1v) is 8.19. The maximum atomic E-state index is 5.85. The van der Waals surface area contributed by atoms with Crippen LogP contribution in [0.4, 0.5) is 5.69 Å². The van der Waals surface area contributed by atoms with Gasteiger partial charge in [-0.3, -0.25) is 0 Å². The molecule has 3 N–H and O–H groups in total. The SMILES string of the molecule is CCC(Nc1cc(C)ccc1C(N)=S)C1CCCCC1. The second-order valence-electron chi connectivity index (χ2n) is 5.97. The highest BCUT2D eigenvalue weighted by molar-refractivity contribution is 7.80. The highest BCUT2D eigenvalue weighted by Gasteiger charge is 2.23. The number of aryl methyl sites for hydroxylation is 1. The van der Waals surface area contributed by atoms with Gasteiger partial charge in [0, 0.05) is 17.3 Å². The third-order valence-corrected chi connectivity index (χ3v) is 4.66. The van der Waals surface area contributed by atoms with E-state index in [2.05, 4.69) is 31.3 Å².